The van der Waals surface area contributed by atoms with Gasteiger partial charge in [0.25, 0.3) is 10.0 Å². The number of hydrogen-bond acceptors (Lipinski definition) is 4. The van der Waals surface area contributed by atoms with Crippen molar-refractivity contribution in [3.8, 4) is 0 Å². The number of aliphatic hydroxyl groups excluding tert-OH is 1. The first-order chi connectivity index (χ1) is 8.13. The SMILES string of the molecule is O=S(=O)(NCCC1CCC1)c1[nH]ncc1CO. The number of H-pyrrole nitrogens is 1. The molecule has 3 N–H and O–H groups in total. The topological polar surface area (TPSA) is 95.1 Å². The van der Waals surface area contributed by atoms with E-state index in [-0.39, 0.29) is 11.6 Å². The van der Waals surface area contributed by atoms with Crippen LogP contribution < -0.4 is 4.72 Å². The van der Waals surface area contributed by atoms with Gasteiger partial charge >= 0.3 is 0 Å². The van der Waals surface area contributed by atoms with Crippen LogP contribution in [0.15, 0.2) is 11.2 Å². The maximum Gasteiger partial charge on any atom is 0.257 e. The van der Waals surface area contributed by atoms with E-state index in [0.29, 0.717) is 18.0 Å². The van der Waals surface area contributed by atoms with Crippen LogP contribution in [0.4, 0.5) is 0 Å². The minimum atomic E-state index is -3.57. The molecule has 0 spiro atoms. The number of aromatic nitrogens is 2. The minimum absolute atomic E-state index is 0.0337. The highest BCUT2D eigenvalue weighted by atomic mass is 32.2. The Balaban J connectivity index is 1.93. The average molecular weight is 259 g/mol. The molecule has 0 radical (unpaired) electrons. The van der Waals surface area contributed by atoms with Crippen LogP contribution in [0.25, 0.3) is 0 Å². The summed E-state index contributed by atoms with van der Waals surface area (Å²) in [4.78, 5) is 0. The number of aliphatic hydroxyl groups is 1. The van der Waals surface area contributed by atoms with E-state index in [4.69, 9.17) is 5.11 Å². The molecule has 7 heteroatoms. The summed E-state index contributed by atoms with van der Waals surface area (Å²) in [5.41, 5.74) is 0.293. The number of aromatic amines is 1. The van der Waals surface area contributed by atoms with Gasteiger partial charge in [0.2, 0.25) is 0 Å². The van der Waals surface area contributed by atoms with Gasteiger partial charge in [0.15, 0.2) is 5.03 Å². The van der Waals surface area contributed by atoms with Crippen molar-refractivity contribution in [1.29, 1.82) is 0 Å². The second-order valence-electron chi connectivity index (χ2n) is 4.37. The van der Waals surface area contributed by atoms with Gasteiger partial charge in [0, 0.05) is 12.1 Å². The molecule has 0 aliphatic heterocycles. The van der Waals surface area contributed by atoms with Gasteiger partial charge in [-0.05, 0) is 12.3 Å². The molecule has 1 aliphatic carbocycles. The molecular weight excluding hydrogens is 242 g/mol. The molecule has 0 amide bonds. The first-order valence-corrected chi connectivity index (χ1v) is 7.24. The fourth-order valence-corrected chi connectivity index (χ4v) is 3.06. The predicted molar refractivity (Wildman–Crippen MR) is 61.7 cm³/mol. The number of nitrogens with zero attached hydrogens (tertiary/aromatic N) is 1. The summed E-state index contributed by atoms with van der Waals surface area (Å²) in [5.74, 6) is 0.664. The summed E-state index contributed by atoms with van der Waals surface area (Å²) in [5, 5.41) is 15.0. The molecule has 1 aliphatic rings. The smallest absolute Gasteiger partial charge is 0.257 e. The van der Waals surface area contributed by atoms with Crippen LogP contribution in [0, 0.1) is 5.92 Å². The Morgan fingerprint density at radius 1 is 1.53 bits per heavy atom. The molecule has 0 saturated heterocycles. The summed E-state index contributed by atoms with van der Waals surface area (Å²) < 4.78 is 26.3. The van der Waals surface area contributed by atoms with Gasteiger partial charge < -0.3 is 5.11 Å². The Bertz CT molecular complexity index is 465. The van der Waals surface area contributed by atoms with Crippen molar-refractivity contribution < 1.29 is 13.5 Å². The first kappa shape index (κ1) is 12.5. The number of hydrogen-bond donors (Lipinski definition) is 3. The van der Waals surface area contributed by atoms with Crippen LogP contribution in [-0.2, 0) is 16.6 Å². The van der Waals surface area contributed by atoms with Crippen LogP contribution in [0.5, 0.6) is 0 Å². The van der Waals surface area contributed by atoms with Crippen molar-refractivity contribution in [3.63, 3.8) is 0 Å². The fraction of sp³-hybridized carbons (Fsp3) is 0.700. The van der Waals surface area contributed by atoms with E-state index in [1.165, 1.54) is 25.5 Å². The third-order valence-electron chi connectivity index (χ3n) is 3.19. The van der Waals surface area contributed by atoms with Crippen molar-refractivity contribution >= 4 is 10.0 Å². The predicted octanol–water partition coefficient (Wildman–Crippen LogP) is 0.370. The van der Waals surface area contributed by atoms with Crippen LogP contribution >= 0.6 is 0 Å². The number of rotatable bonds is 6. The van der Waals surface area contributed by atoms with Gasteiger partial charge in [-0.2, -0.15) is 5.10 Å². The highest BCUT2D eigenvalue weighted by Gasteiger charge is 2.22. The lowest BCUT2D eigenvalue weighted by Gasteiger charge is -2.25. The summed E-state index contributed by atoms with van der Waals surface area (Å²) in [6.45, 7) is 0.103. The van der Waals surface area contributed by atoms with Gasteiger partial charge in [-0.3, -0.25) is 5.10 Å². The number of nitrogens with one attached hydrogen (secondary N) is 2. The fourth-order valence-electron chi connectivity index (χ4n) is 1.90. The Hall–Kier alpha value is -0.920. The summed E-state index contributed by atoms with van der Waals surface area (Å²) in [6, 6.07) is 0. The zero-order valence-corrected chi connectivity index (χ0v) is 10.3. The molecular formula is C10H17N3O3S. The molecule has 1 aromatic rings. The van der Waals surface area contributed by atoms with Gasteiger partial charge in [0.05, 0.1) is 12.8 Å². The summed E-state index contributed by atoms with van der Waals surface area (Å²) in [7, 11) is -3.57. The van der Waals surface area contributed by atoms with Crippen LogP contribution in [-0.4, -0.2) is 30.3 Å². The molecule has 6 nitrogen and oxygen atoms in total. The first-order valence-electron chi connectivity index (χ1n) is 5.76. The lowest BCUT2D eigenvalue weighted by Crippen LogP contribution is -2.28. The molecule has 0 atom stereocenters. The largest absolute Gasteiger partial charge is 0.392 e. The van der Waals surface area contributed by atoms with Crippen molar-refractivity contribution in [1.82, 2.24) is 14.9 Å². The molecule has 0 bridgehead atoms. The Labute approximate surface area is 100 Å². The van der Waals surface area contributed by atoms with E-state index in [2.05, 4.69) is 14.9 Å². The van der Waals surface area contributed by atoms with E-state index in [1.54, 1.807) is 0 Å². The number of sulfonamides is 1. The van der Waals surface area contributed by atoms with Crippen LogP contribution in [0.3, 0.4) is 0 Å². The molecule has 1 aromatic heterocycles. The maximum absolute atomic E-state index is 11.9. The second kappa shape index (κ2) is 5.16. The molecule has 1 fully saturated rings. The Morgan fingerprint density at radius 2 is 2.29 bits per heavy atom. The van der Waals surface area contributed by atoms with E-state index < -0.39 is 10.0 Å². The molecule has 96 valence electrons. The third kappa shape index (κ3) is 2.85. The van der Waals surface area contributed by atoms with E-state index in [1.807, 2.05) is 0 Å². The van der Waals surface area contributed by atoms with Gasteiger partial charge in [-0.15, -0.1) is 0 Å². The quantitative estimate of drug-likeness (QED) is 0.688. The minimum Gasteiger partial charge on any atom is -0.392 e. The van der Waals surface area contributed by atoms with Crippen LogP contribution in [0.2, 0.25) is 0 Å². The highest BCUT2D eigenvalue weighted by molar-refractivity contribution is 7.89. The Kier molecular flexibility index (Phi) is 3.80. The van der Waals surface area contributed by atoms with E-state index in [9.17, 15) is 8.42 Å². The third-order valence-corrected chi connectivity index (χ3v) is 4.66. The molecule has 1 heterocycles. The standard InChI is InChI=1S/C10H17N3O3S/c14-7-9-6-11-13-10(9)17(15,16)12-5-4-8-2-1-3-8/h6,8,12,14H,1-5,7H2,(H,11,13). The maximum atomic E-state index is 11.9. The van der Waals surface area contributed by atoms with E-state index in [0.717, 1.165) is 6.42 Å². The van der Waals surface area contributed by atoms with Crippen LogP contribution in [0.1, 0.15) is 31.2 Å². The van der Waals surface area contributed by atoms with Crippen molar-refractivity contribution in [2.45, 2.75) is 37.3 Å². The lowest BCUT2D eigenvalue weighted by atomic mass is 9.83. The van der Waals surface area contributed by atoms with Gasteiger partial charge in [-0.25, -0.2) is 13.1 Å². The lowest BCUT2D eigenvalue weighted by molar-refractivity contribution is 0.278. The second-order valence-corrected chi connectivity index (χ2v) is 6.07. The van der Waals surface area contributed by atoms with Gasteiger partial charge in [-0.1, -0.05) is 19.3 Å². The van der Waals surface area contributed by atoms with Crippen molar-refractivity contribution in [2.24, 2.45) is 5.92 Å². The normalized spacial score (nSPS) is 17.0. The zero-order chi connectivity index (χ0) is 12.3. The summed E-state index contributed by atoms with van der Waals surface area (Å²) in [6.07, 6.45) is 5.86. The molecule has 0 unspecified atom stereocenters. The molecule has 2 rings (SSSR count). The molecule has 0 aromatic carbocycles. The zero-order valence-electron chi connectivity index (χ0n) is 9.52. The summed E-state index contributed by atoms with van der Waals surface area (Å²) >= 11 is 0. The van der Waals surface area contributed by atoms with Crippen molar-refractivity contribution in [2.75, 3.05) is 6.54 Å². The molecule has 17 heavy (non-hydrogen) atoms. The average Bonchev–Trinajstić information content (AvgIpc) is 2.70. The monoisotopic (exact) mass is 259 g/mol. The Morgan fingerprint density at radius 3 is 2.88 bits per heavy atom. The van der Waals surface area contributed by atoms with Crippen molar-refractivity contribution in [3.05, 3.63) is 11.8 Å². The molecule has 1 saturated carbocycles. The van der Waals surface area contributed by atoms with E-state index >= 15 is 0 Å². The van der Waals surface area contributed by atoms with Gasteiger partial charge in [0.1, 0.15) is 0 Å². The highest BCUT2D eigenvalue weighted by Crippen LogP contribution is 2.28.